The van der Waals surface area contributed by atoms with E-state index in [9.17, 15) is 0 Å². The molecule has 2 N–H and O–H groups in total. The number of ether oxygens (including phenoxy) is 1. The predicted molar refractivity (Wildman–Crippen MR) is 50.6 cm³/mol. The van der Waals surface area contributed by atoms with Crippen molar-refractivity contribution in [3.05, 3.63) is 24.0 Å². The molecule has 0 aliphatic heterocycles. The molecular weight excluding hydrogens is 175 g/mol. The van der Waals surface area contributed by atoms with Crippen LogP contribution < -0.4 is 0 Å². The molecule has 3 nitrogen and oxygen atoms in total. The molecular formula is C7H9BO3S. The van der Waals surface area contributed by atoms with E-state index in [1.165, 1.54) is 0 Å². The fourth-order valence-electron chi connectivity index (χ4n) is 0.817. The molecule has 0 amide bonds. The summed E-state index contributed by atoms with van der Waals surface area (Å²) in [5.41, 5.74) is 0. The summed E-state index contributed by atoms with van der Waals surface area (Å²) in [6, 6.07) is 0. The Morgan fingerprint density at radius 3 is 2.92 bits per heavy atom. The molecule has 12 heavy (non-hydrogen) atoms. The Morgan fingerprint density at radius 2 is 2.33 bits per heavy atom. The molecule has 1 aliphatic rings. The second-order valence-electron chi connectivity index (χ2n) is 2.41. The topological polar surface area (TPSA) is 49.7 Å². The molecule has 0 aromatic carbocycles. The summed E-state index contributed by atoms with van der Waals surface area (Å²) in [4.78, 5) is 0.792. The van der Waals surface area contributed by atoms with Gasteiger partial charge in [0.25, 0.3) is 0 Å². The van der Waals surface area contributed by atoms with Gasteiger partial charge in [-0.3, -0.25) is 0 Å². The predicted octanol–water partition coefficient (Wildman–Crippen LogP) is 0.229. The molecule has 0 fully saturated rings. The quantitative estimate of drug-likeness (QED) is 0.486. The lowest BCUT2D eigenvalue weighted by molar-refractivity contribution is 0.237. The Kier molecular flexibility index (Phi) is 3.46. The Hall–Kier alpha value is -0.645. The number of thiocarbonyl (C=S) groups is 1. The van der Waals surface area contributed by atoms with E-state index in [1.54, 1.807) is 12.2 Å². The van der Waals surface area contributed by atoms with Gasteiger partial charge in [-0.05, 0) is 12.2 Å². The van der Waals surface area contributed by atoms with Gasteiger partial charge in [0.1, 0.15) is 12.3 Å². The molecule has 0 aromatic rings. The zero-order chi connectivity index (χ0) is 8.97. The number of hydrogen-bond acceptors (Lipinski definition) is 4. The van der Waals surface area contributed by atoms with Gasteiger partial charge in [-0.25, -0.2) is 0 Å². The molecule has 0 bridgehead atoms. The van der Waals surface area contributed by atoms with E-state index in [0.29, 0.717) is 5.76 Å². The van der Waals surface area contributed by atoms with Crippen LogP contribution in [0.5, 0.6) is 0 Å². The highest BCUT2D eigenvalue weighted by Crippen LogP contribution is 2.09. The molecule has 0 aromatic heterocycles. The van der Waals surface area contributed by atoms with Gasteiger partial charge in [-0.15, -0.1) is 0 Å². The zero-order valence-corrected chi connectivity index (χ0v) is 7.25. The van der Waals surface area contributed by atoms with E-state index < -0.39 is 7.12 Å². The van der Waals surface area contributed by atoms with Crippen LogP contribution in [-0.4, -0.2) is 28.5 Å². The van der Waals surface area contributed by atoms with Crippen LogP contribution >= 0.6 is 12.2 Å². The van der Waals surface area contributed by atoms with Gasteiger partial charge in [0, 0.05) is 11.3 Å². The minimum absolute atomic E-state index is 0.126. The number of allylic oxidation sites excluding steroid dienone is 3. The first kappa shape index (κ1) is 9.44. The summed E-state index contributed by atoms with van der Waals surface area (Å²) < 4.78 is 5.00. The van der Waals surface area contributed by atoms with Gasteiger partial charge in [-0.1, -0.05) is 18.3 Å². The Balaban J connectivity index is 2.41. The van der Waals surface area contributed by atoms with Gasteiger partial charge < -0.3 is 14.8 Å². The molecule has 0 radical (unpaired) electrons. The fourth-order valence-corrected chi connectivity index (χ4v) is 1.03. The summed E-state index contributed by atoms with van der Waals surface area (Å²) in [6.07, 6.45) is 6.10. The fraction of sp³-hybridized carbons (Fsp3) is 0.286. The van der Waals surface area contributed by atoms with E-state index in [4.69, 9.17) is 27.0 Å². The van der Waals surface area contributed by atoms with Crippen LogP contribution in [0.4, 0.5) is 0 Å². The summed E-state index contributed by atoms with van der Waals surface area (Å²) >= 11 is 4.93. The Morgan fingerprint density at radius 1 is 1.58 bits per heavy atom. The van der Waals surface area contributed by atoms with Crippen molar-refractivity contribution >= 4 is 24.2 Å². The molecule has 0 spiro atoms. The highest BCUT2D eigenvalue weighted by molar-refractivity contribution is 7.80. The van der Waals surface area contributed by atoms with E-state index in [2.05, 4.69) is 0 Å². The Labute approximate surface area is 76.5 Å². The minimum Gasteiger partial charge on any atom is -0.496 e. The van der Waals surface area contributed by atoms with Gasteiger partial charge in [0.15, 0.2) is 0 Å². The van der Waals surface area contributed by atoms with Gasteiger partial charge in [0.2, 0.25) is 0 Å². The highest BCUT2D eigenvalue weighted by atomic mass is 32.1. The molecule has 1 aliphatic carbocycles. The summed E-state index contributed by atoms with van der Waals surface area (Å²) in [5.74, 6) is 0.583. The van der Waals surface area contributed by atoms with Crippen molar-refractivity contribution in [3.63, 3.8) is 0 Å². The smallest absolute Gasteiger partial charge is 0.491 e. The first-order valence-corrected chi connectivity index (χ1v) is 3.99. The van der Waals surface area contributed by atoms with Crippen LogP contribution in [0.25, 0.3) is 0 Å². The molecule has 5 heteroatoms. The van der Waals surface area contributed by atoms with Gasteiger partial charge >= 0.3 is 7.12 Å². The summed E-state index contributed by atoms with van der Waals surface area (Å²) in [7, 11) is -1.44. The van der Waals surface area contributed by atoms with E-state index in [-0.39, 0.29) is 6.51 Å². The maximum atomic E-state index is 8.50. The third-order valence-corrected chi connectivity index (χ3v) is 1.59. The van der Waals surface area contributed by atoms with Gasteiger partial charge in [0.05, 0.1) is 0 Å². The van der Waals surface area contributed by atoms with Crippen LogP contribution in [0.3, 0.4) is 0 Å². The largest absolute Gasteiger partial charge is 0.496 e. The van der Waals surface area contributed by atoms with E-state index in [1.807, 2.05) is 6.08 Å². The minimum atomic E-state index is -1.44. The first-order chi connectivity index (χ1) is 5.68. The first-order valence-electron chi connectivity index (χ1n) is 3.58. The molecule has 0 heterocycles. The lowest BCUT2D eigenvalue weighted by Crippen LogP contribution is -2.20. The van der Waals surface area contributed by atoms with Crippen molar-refractivity contribution in [1.29, 1.82) is 0 Å². The lowest BCUT2D eigenvalue weighted by Gasteiger charge is -2.09. The van der Waals surface area contributed by atoms with E-state index >= 15 is 0 Å². The summed E-state index contributed by atoms with van der Waals surface area (Å²) in [6.45, 7) is -0.126. The van der Waals surface area contributed by atoms with Crippen LogP contribution in [0.15, 0.2) is 24.0 Å². The van der Waals surface area contributed by atoms with Crippen LogP contribution in [0, 0.1) is 0 Å². The third kappa shape index (κ3) is 3.17. The molecule has 0 unspecified atom stereocenters. The molecule has 64 valence electrons. The summed E-state index contributed by atoms with van der Waals surface area (Å²) in [5, 5.41) is 17.0. The molecule has 0 saturated carbocycles. The van der Waals surface area contributed by atoms with Crippen molar-refractivity contribution in [2.24, 2.45) is 0 Å². The second-order valence-corrected chi connectivity index (χ2v) is 2.94. The average Bonchev–Trinajstić information content (AvgIpc) is 2.01. The number of hydrogen-bond donors (Lipinski definition) is 2. The SMILES string of the molecule is OB(O)COC1=CC(=S)CC=C1. The van der Waals surface area contributed by atoms with Crippen molar-refractivity contribution in [2.45, 2.75) is 6.42 Å². The monoisotopic (exact) mass is 184 g/mol. The highest BCUT2D eigenvalue weighted by Gasteiger charge is 2.09. The van der Waals surface area contributed by atoms with E-state index in [0.717, 1.165) is 11.3 Å². The van der Waals surface area contributed by atoms with Crippen molar-refractivity contribution < 1.29 is 14.8 Å². The maximum absolute atomic E-state index is 8.50. The van der Waals surface area contributed by atoms with Gasteiger partial charge in [-0.2, -0.15) is 0 Å². The molecule has 0 saturated heterocycles. The number of rotatable bonds is 3. The maximum Gasteiger partial charge on any atom is 0.491 e. The second kappa shape index (κ2) is 4.40. The standard InChI is InChI=1S/C7H9BO3S/c9-8(10)5-11-6-2-1-3-7(12)4-6/h1-2,4,9-10H,3,5H2. The third-order valence-electron chi connectivity index (χ3n) is 1.30. The molecule has 0 atom stereocenters. The van der Waals surface area contributed by atoms with Crippen LogP contribution in [0.1, 0.15) is 6.42 Å². The van der Waals surface area contributed by atoms with Crippen molar-refractivity contribution in [2.75, 3.05) is 6.51 Å². The van der Waals surface area contributed by atoms with Crippen LogP contribution in [0.2, 0.25) is 0 Å². The lowest BCUT2D eigenvalue weighted by atomic mass is 9.95. The van der Waals surface area contributed by atoms with Crippen molar-refractivity contribution in [1.82, 2.24) is 0 Å². The molecule has 1 rings (SSSR count). The van der Waals surface area contributed by atoms with Crippen LogP contribution in [-0.2, 0) is 4.74 Å². The average molecular weight is 184 g/mol. The zero-order valence-electron chi connectivity index (χ0n) is 6.43. The van der Waals surface area contributed by atoms with Crippen molar-refractivity contribution in [3.8, 4) is 0 Å². The Bertz CT molecular complexity index is 235. The normalized spacial score (nSPS) is 15.8.